The fraction of sp³-hybridized carbons (Fsp3) is 0.917. The molecule has 7 heteroatoms. The molecule has 2 saturated heterocycles. The predicted molar refractivity (Wildman–Crippen MR) is 69.7 cm³/mol. The lowest BCUT2D eigenvalue weighted by Gasteiger charge is -2.30. The Hall–Kier alpha value is -0.820. The number of rotatable bonds is 3. The Morgan fingerprint density at radius 1 is 1.42 bits per heavy atom. The minimum absolute atomic E-state index is 0.0239. The second-order valence-electron chi connectivity index (χ2n) is 6.14. The quantitative estimate of drug-likeness (QED) is 0.719. The van der Waals surface area contributed by atoms with Crippen molar-refractivity contribution in [2.75, 3.05) is 24.7 Å². The molecule has 0 aromatic heterocycles. The molecule has 2 heterocycles. The van der Waals surface area contributed by atoms with Gasteiger partial charge in [0.15, 0.2) is 9.84 Å². The third kappa shape index (κ3) is 4.35. The van der Waals surface area contributed by atoms with Gasteiger partial charge in [0.25, 0.3) is 0 Å². The van der Waals surface area contributed by atoms with Crippen molar-refractivity contribution in [1.29, 1.82) is 0 Å². The molecule has 0 bridgehead atoms. The van der Waals surface area contributed by atoms with Gasteiger partial charge < -0.3 is 14.4 Å². The van der Waals surface area contributed by atoms with Gasteiger partial charge >= 0.3 is 6.09 Å². The average Bonchev–Trinajstić information content (AvgIpc) is 2.96. The van der Waals surface area contributed by atoms with E-state index in [1.54, 1.807) is 20.8 Å². The van der Waals surface area contributed by atoms with Gasteiger partial charge in [-0.15, -0.1) is 0 Å². The summed E-state index contributed by atoms with van der Waals surface area (Å²) in [6, 6.07) is -0.288. The van der Waals surface area contributed by atoms with E-state index in [0.717, 1.165) is 0 Å². The molecule has 0 spiro atoms. The van der Waals surface area contributed by atoms with Crippen LogP contribution < -0.4 is 0 Å². The molecule has 0 saturated carbocycles. The molecule has 2 atom stereocenters. The minimum atomic E-state index is -3.02. The number of carbonyl (C=O) groups excluding carboxylic acids is 1. The molecule has 0 N–H and O–H groups in total. The predicted octanol–water partition coefficient (Wildman–Crippen LogP) is 0.809. The third-order valence-electron chi connectivity index (χ3n) is 3.08. The summed E-state index contributed by atoms with van der Waals surface area (Å²) in [5.74, 6) is 0.168. The highest BCUT2D eigenvalue weighted by Crippen LogP contribution is 2.23. The standard InChI is InChI=1S/C12H21NO5S/c1-12(2,3)18-11(14)13(6-10-7-17-10)9-4-5-19(15,16)8-9/h9-10H,4-8H2,1-3H3. The summed E-state index contributed by atoms with van der Waals surface area (Å²) in [5, 5.41) is 0. The fourth-order valence-electron chi connectivity index (χ4n) is 2.11. The Bertz CT molecular complexity index is 449. The largest absolute Gasteiger partial charge is 0.444 e. The lowest BCUT2D eigenvalue weighted by Crippen LogP contribution is -2.45. The van der Waals surface area contributed by atoms with E-state index in [4.69, 9.17) is 9.47 Å². The smallest absolute Gasteiger partial charge is 0.410 e. The van der Waals surface area contributed by atoms with Crippen LogP contribution >= 0.6 is 0 Å². The number of ether oxygens (including phenoxy) is 2. The maximum atomic E-state index is 12.2. The van der Waals surface area contributed by atoms with Gasteiger partial charge in [0.05, 0.1) is 36.8 Å². The van der Waals surface area contributed by atoms with Crippen LogP contribution in [-0.4, -0.2) is 61.8 Å². The Labute approximate surface area is 114 Å². The molecule has 0 aliphatic carbocycles. The van der Waals surface area contributed by atoms with Crippen molar-refractivity contribution in [3.05, 3.63) is 0 Å². The van der Waals surface area contributed by atoms with E-state index in [9.17, 15) is 13.2 Å². The van der Waals surface area contributed by atoms with Crippen LogP contribution in [0.3, 0.4) is 0 Å². The lowest BCUT2D eigenvalue weighted by atomic mass is 10.2. The number of amides is 1. The van der Waals surface area contributed by atoms with Crippen LogP contribution in [0.1, 0.15) is 27.2 Å². The van der Waals surface area contributed by atoms with Crippen molar-refractivity contribution >= 4 is 15.9 Å². The Morgan fingerprint density at radius 3 is 2.47 bits per heavy atom. The molecule has 1 amide bonds. The molecule has 2 aliphatic rings. The summed E-state index contributed by atoms with van der Waals surface area (Å²) in [6.07, 6.45) is 0.0508. The molecule has 2 aliphatic heterocycles. The van der Waals surface area contributed by atoms with Crippen molar-refractivity contribution in [1.82, 2.24) is 4.90 Å². The molecule has 0 aromatic rings. The number of sulfone groups is 1. The normalized spacial score (nSPS) is 29.0. The molecular formula is C12H21NO5S. The first kappa shape index (κ1) is 14.6. The molecule has 19 heavy (non-hydrogen) atoms. The van der Waals surface area contributed by atoms with Crippen LogP contribution in [0.4, 0.5) is 4.79 Å². The van der Waals surface area contributed by atoms with Gasteiger partial charge in [-0.05, 0) is 27.2 Å². The van der Waals surface area contributed by atoms with Gasteiger partial charge in [-0.3, -0.25) is 0 Å². The van der Waals surface area contributed by atoms with E-state index < -0.39 is 21.5 Å². The van der Waals surface area contributed by atoms with Crippen molar-refractivity contribution < 1.29 is 22.7 Å². The van der Waals surface area contributed by atoms with E-state index in [2.05, 4.69) is 0 Å². The van der Waals surface area contributed by atoms with E-state index in [1.165, 1.54) is 4.90 Å². The van der Waals surface area contributed by atoms with Crippen molar-refractivity contribution in [3.63, 3.8) is 0 Å². The lowest BCUT2D eigenvalue weighted by molar-refractivity contribution is 0.0167. The molecule has 110 valence electrons. The van der Waals surface area contributed by atoms with Gasteiger partial charge in [0.2, 0.25) is 0 Å². The number of hydrogen-bond donors (Lipinski definition) is 0. The van der Waals surface area contributed by atoms with Crippen molar-refractivity contribution in [2.45, 2.75) is 44.9 Å². The minimum Gasteiger partial charge on any atom is -0.444 e. The first-order valence-electron chi connectivity index (χ1n) is 6.48. The number of carbonyl (C=O) groups is 1. The molecule has 0 radical (unpaired) electrons. The van der Waals surface area contributed by atoms with Crippen molar-refractivity contribution in [2.24, 2.45) is 0 Å². The molecule has 6 nitrogen and oxygen atoms in total. The topological polar surface area (TPSA) is 76.2 Å². The summed E-state index contributed by atoms with van der Waals surface area (Å²) >= 11 is 0. The Balaban J connectivity index is 2.05. The maximum absolute atomic E-state index is 12.2. The summed E-state index contributed by atoms with van der Waals surface area (Å²) in [5.41, 5.74) is -0.586. The highest BCUT2D eigenvalue weighted by molar-refractivity contribution is 7.91. The zero-order valence-electron chi connectivity index (χ0n) is 11.6. The molecule has 0 aromatic carbocycles. The Kier molecular flexibility index (Phi) is 3.79. The van der Waals surface area contributed by atoms with Gasteiger partial charge in [-0.2, -0.15) is 0 Å². The van der Waals surface area contributed by atoms with Crippen LogP contribution in [0, 0.1) is 0 Å². The maximum Gasteiger partial charge on any atom is 0.410 e. The first-order valence-corrected chi connectivity index (χ1v) is 8.30. The number of nitrogens with zero attached hydrogens (tertiary/aromatic N) is 1. The summed E-state index contributed by atoms with van der Waals surface area (Å²) < 4.78 is 33.6. The monoisotopic (exact) mass is 291 g/mol. The third-order valence-corrected chi connectivity index (χ3v) is 4.83. The zero-order valence-corrected chi connectivity index (χ0v) is 12.4. The summed E-state index contributed by atoms with van der Waals surface area (Å²) in [4.78, 5) is 13.7. The highest BCUT2D eigenvalue weighted by atomic mass is 32.2. The molecule has 2 rings (SSSR count). The highest BCUT2D eigenvalue weighted by Gasteiger charge is 2.39. The second kappa shape index (κ2) is 4.94. The average molecular weight is 291 g/mol. The molecule has 2 fully saturated rings. The van der Waals surface area contributed by atoms with Gasteiger partial charge in [-0.1, -0.05) is 0 Å². The summed E-state index contributed by atoms with van der Waals surface area (Å²) in [7, 11) is -3.02. The van der Waals surface area contributed by atoms with E-state index in [-0.39, 0.29) is 23.7 Å². The second-order valence-corrected chi connectivity index (χ2v) is 8.37. The molecular weight excluding hydrogens is 270 g/mol. The van der Waals surface area contributed by atoms with Gasteiger partial charge in [0.1, 0.15) is 5.60 Å². The van der Waals surface area contributed by atoms with E-state index in [1.807, 2.05) is 0 Å². The number of epoxide rings is 1. The zero-order chi connectivity index (χ0) is 14.3. The van der Waals surface area contributed by atoms with E-state index in [0.29, 0.717) is 19.6 Å². The summed E-state index contributed by atoms with van der Waals surface area (Å²) in [6.45, 7) is 6.42. The first-order chi connectivity index (χ1) is 8.66. The number of hydrogen-bond acceptors (Lipinski definition) is 5. The fourth-order valence-corrected chi connectivity index (χ4v) is 3.84. The van der Waals surface area contributed by atoms with Gasteiger partial charge in [-0.25, -0.2) is 13.2 Å². The van der Waals surface area contributed by atoms with Crippen LogP contribution in [-0.2, 0) is 19.3 Å². The molecule has 2 unspecified atom stereocenters. The van der Waals surface area contributed by atoms with Crippen LogP contribution in [0.5, 0.6) is 0 Å². The van der Waals surface area contributed by atoms with Gasteiger partial charge in [0, 0.05) is 0 Å². The van der Waals surface area contributed by atoms with Crippen LogP contribution in [0.25, 0.3) is 0 Å². The SMILES string of the molecule is CC(C)(C)OC(=O)N(CC1CO1)C1CCS(=O)(=O)C1. The van der Waals surface area contributed by atoms with E-state index >= 15 is 0 Å². The van der Waals surface area contributed by atoms with Crippen LogP contribution in [0.2, 0.25) is 0 Å². The van der Waals surface area contributed by atoms with Crippen LogP contribution in [0.15, 0.2) is 0 Å². The van der Waals surface area contributed by atoms with Crippen molar-refractivity contribution in [3.8, 4) is 0 Å². The Morgan fingerprint density at radius 2 is 2.05 bits per heavy atom.